The fourth-order valence-electron chi connectivity index (χ4n) is 4.97. The molecular weight excluding hydrogens is 466 g/mol. The Balaban J connectivity index is 5.41. The molecule has 1 N–H and O–H groups in total. The molecule has 0 rings (SSSR count). The molecular formula is C35H65NO2. The standard InChI is InChI=1S/C35H65NO2/c1-6-11-14-15-16-17-18-21-26-34(27-22-19-20-23-28-35(37)38)31-36(29-32(9-4)24-12-7-2)30-33(10-5)25-13-8-3/h21,26,29-30,34H,6-20,22-25,27-28,31H2,1-5H3,(H,37,38)/b26-21-,32-29-,33-30+. The van der Waals surface area contributed by atoms with Crippen molar-refractivity contribution in [1.29, 1.82) is 0 Å². The average Bonchev–Trinajstić information content (AvgIpc) is 2.91. The molecule has 0 aromatic heterocycles. The van der Waals surface area contributed by atoms with Crippen LogP contribution in [0.2, 0.25) is 0 Å². The molecule has 0 spiro atoms. The van der Waals surface area contributed by atoms with Crippen LogP contribution in [0, 0.1) is 5.92 Å². The molecule has 0 heterocycles. The number of hydrogen-bond donors (Lipinski definition) is 1. The van der Waals surface area contributed by atoms with Gasteiger partial charge < -0.3 is 10.0 Å². The van der Waals surface area contributed by atoms with Crippen molar-refractivity contribution in [2.24, 2.45) is 5.92 Å². The lowest BCUT2D eigenvalue weighted by molar-refractivity contribution is -0.137. The van der Waals surface area contributed by atoms with Gasteiger partial charge in [-0.2, -0.15) is 0 Å². The van der Waals surface area contributed by atoms with Crippen LogP contribution < -0.4 is 0 Å². The summed E-state index contributed by atoms with van der Waals surface area (Å²) in [6.45, 7) is 12.5. The minimum absolute atomic E-state index is 0.306. The summed E-state index contributed by atoms with van der Waals surface area (Å²) in [5.74, 6) is -0.130. The van der Waals surface area contributed by atoms with E-state index in [4.69, 9.17) is 5.11 Å². The third-order valence-electron chi connectivity index (χ3n) is 7.60. The molecule has 3 heteroatoms. The molecule has 0 aliphatic heterocycles. The smallest absolute Gasteiger partial charge is 0.303 e. The van der Waals surface area contributed by atoms with Crippen LogP contribution in [-0.4, -0.2) is 22.5 Å². The van der Waals surface area contributed by atoms with Crippen molar-refractivity contribution in [2.45, 2.75) is 169 Å². The summed E-state index contributed by atoms with van der Waals surface area (Å²) in [5.41, 5.74) is 3.13. The van der Waals surface area contributed by atoms with Crippen LogP contribution in [0.3, 0.4) is 0 Å². The SMILES string of the molecule is CCCCCCCC/C=C\C(CCCCCCC(=O)O)CN(/C=C(/CC)CCCC)/C=C(\CC)CCCC. The lowest BCUT2D eigenvalue weighted by Crippen LogP contribution is -2.20. The third kappa shape index (κ3) is 22.5. The number of hydrogen-bond acceptors (Lipinski definition) is 2. The van der Waals surface area contributed by atoms with Crippen LogP contribution in [0.15, 0.2) is 35.7 Å². The molecule has 1 unspecified atom stereocenters. The number of allylic oxidation sites excluding steroid dienone is 3. The van der Waals surface area contributed by atoms with Gasteiger partial charge in [0.15, 0.2) is 0 Å². The Morgan fingerprint density at radius 3 is 1.74 bits per heavy atom. The first-order valence-corrected chi connectivity index (χ1v) is 16.5. The number of rotatable bonds is 27. The Hall–Kier alpha value is -1.51. The summed E-state index contributed by atoms with van der Waals surface area (Å²) in [7, 11) is 0. The zero-order chi connectivity index (χ0) is 28.3. The quantitative estimate of drug-likeness (QED) is 0.0846. The second-order valence-electron chi connectivity index (χ2n) is 11.3. The van der Waals surface area contributed by atoms with E-state index in [1.54, 1.807) is 11.1 Å². The van der Waals surface area contributed by atoms with Gasteiger partial charge in [-0.3, -0.25) is 4.79 Å². The Bertz CT molecular complexity index is 608. The number of carboxylic acid groups (broad SMARTS) is 1. The van der Waals surface area contributed by atoms with Gasteiger partial charge in [-0.25, -0.2) is 0 Å². The van der Waals surface area contributed by atoms with Gasteiger partial charge in [0, 0.05) is 25.4 Å². The van der Waals surface area contributed by atoms with Crippen molar-refractivity contribution in [3.05, 3.63) is 35.7 Å². The lowest BCUT2D eigenvalue weighted by Gasteiger charge is -2.25. The van der Waals surface area contributed by atoms with Gasteiger partial charge >= 0.3 is 5.97 Å². The van der Waals surface area contributed by atoms with Crippen LogP contribution >= 0.6 is 0 Å². The summed E-state index contributed by atoms with van der Waals surface area (Å²) in [6.07, 6.45) is 34.5. The topological polar surface area (TPSA) is 40.5 Å². The molecule has 0 bridgehead atoms. The fraction of sp³-hybridized carbons (Fsp3) is 0.800. The van der Waals surface area contributed by atoms with Crippen LogP contribution in [0.25, 0.3) is 0 Å². The molecule has 0 amide bonds. The van der Waals surface area contributed by atoms with Crippen molar-refractivity contribution in [1.82, 2.24) is 4.90 Å². The zero-order valence-electron chi connectivity index (χ0n) is 26.2. The first-order valence-electron chi connectivity index (χ1n) is 16.5. The van der Waals surface area contributed by atoms with Crippen molar-refractivity contribution >= 4 is 5.97 Å². The highest BCUT2D eigenvalue weighted by molar-refractivity contribution is 5.66. The maximum absolute atomic E-state index is 10.8. The fourth-order valence-corrected chi connectivity index (χ4v) is 4.97. The molecule has 0 aromatic carbocycles. The molecule has 38 heavy (non-hydrogen) atoms. The van der Waals surface area contributed by atoms with Crippen molar-refractivity contribution < 1.29 is 9.90 Å². The normalized spacial score (nSPS) is 13.4. The monoisotopic (exact) mass is 532 g/mol. The molecule has 1 atom stereocenters. The van der Waals surface area contributed by atoms with Crippen molar-refractivity contribution in [3.8, 4) is 0 Å². The first-order chi connectivity index (χ1) is 18.5. The second-order valence-corrected chi connectivity index (χ2v) is 11.3. The zero-order valence-corrected chi connectivity index (χ0v) is 26.2. The van der Waals surface area contributed by atoms with E-state index in [1.165, 1.54) is 96.3 Å². The summed E-state index contributed by atoms with van der Waals surface area (Å²) in [5, 5.41) is 8.93. The number of aliphatic carboxylic acids is 1. The Labute approximate surface area is 238 Å². The molecule has 0 aliphatic carbocycles. The van der Waals surface area contributed by atoms with Gasteiger partial charge in [0.2, 0.25) is 0 Å². The van der Waals surface area contributed by atoms with Gasteiger partial charge in [0.05, 0.1) is 0 Å². The molecule has 0 fully saturated rings. The van der Waals surface area contributed by atoms with E-state index in [0.29, 0.717) is 12.3 Å². The van der Waals surface area contributed by atoms with Gasteiger partial charge in [0.1, 0.15) is 0 Å². The number of unbranched alkanes of at least 4 members (excludes halogenated alkanes) is 11. The summed E-state index contributed by atoms with van der Waals surface area (Å²) in [6, 6.07) is 0. The van der Waals surface area contributed by atoms with E-state index in [0.717, 1.165) is 38.6 Å². The average molecular weight is 532 g/mol. The van der Waals surface area contributed by atoms with Gasteiger partial charge in [0.25, 0.3) is 0 Å². The van der Waals surface area contributed by atoms with Crippen LogP contribution in [0.1, 0.15) is 169 Å². The van der Waals surface area contributed by atoms with Crippen LogP contribution in [-0.2, 0) is 4.79 Å². The van der Waals surface area contributed by atoms with E-state index in [2.05, 4.69) is 64.1 Å². The van der Waals surface area contributed by atoms with Gasteiger partial charge in [-0.05, 0) is 70.1 Å². The highest BCUT2D eigenvalue weighted by Gasteiger charge is 2.11. The van der Waals surface area contributed by atoms with Crippen molar-refractivity contribution in [2.75, 3.05) is 6.54 Å². The lowest BCUT2D eigenvalue weighted by atomic mass is 9.97. The molecule has 0 aromatic rings. The molecule has 222 valence electrons. The molecule has 0 radical (unpaired) electrons. The molecule has 0 aliphatic rings. The summed E-state index contributed by atoms with van der Waals surface area (Å²) in [4.78, 5) is 13.4. The summed E-state index contributed by atoms with van der Waals surface area (Å²) < 4.78 is 0. The maximum atomic E-state index is 10.8. The highest BCUT2D eigenvalue weighted by Crippen LogP contribution is 2.21. The van der Waals surface area contributed by atoms with E-state index in [-0.39, 0.29) is 0 Å². The van der Waals surface area contributed by atoms with E-state index in [1.807, 2.05) is 0 Å². The minimum Gasteiger partial charge on any atom is -0.481 e. The molecule has 0 saturated carbocycles. The van der Waals surface area contributed by atoms with E-state index in [9.17, 15) is 4.79 Å². The Morgan fingerprint density at radius 1 is 0.658 bits per heavy atom. The van der Waals surface area contributed by atoms with Gasteiger partial charge in [-0.15, -0.1) is 0 Å². The number of carboxylic acids is 1. The third-order valence-corrected chi connectivity index (χ3v) is 7.60. The number of nitrogens with zero attached hydrogens (tertiary/aromatic N) is 1. The predicted octanol–water partition coefficient (Wildman–Crippen LogP) is 11.6. The molecule has 0 saturated heterocycles. The van der Waals surface area contributed by atoms with Crippen LogP contribution in [0.5, 0.6) is 0 Å². The maximum Gasteiger partial charge on any atom is 0.303 e. The van der Waals surface area contributed by atoms with Crippen molar-refractivity contribution in [3.63, 3.8) is 0 Å². The Kier molecular flexibility index (Phi) is 26.0. The second kappa shape index (κ2) is 27.1. The highest BCUT2D eigenvalue weighted by atomic mass is 16.4. The van der Waals surface area contributed by atoms with E-state index < -0.39 is 5.97 Å². The van der Waals surface area contributed by atoms with Crippen LogP contribution in [0.4, 0.5) is 0 Å². The number of carbonyl (C=O) groups is 1. The van der Waals surface area contributed by atoms with Gasteiger partial charge in [-0.1, -0.05) is 122 Å². The van der Waals surface area contributed by atoms with E-state index >= 15 is 0 Å². The first kappa shape index (κ1) is 36.5. The minimum atomic E-state index is -0.667. The predicted molar refractivity (Wildman–Crippen MR) is 168 cm³/mol. The molecule has 3 nitrogen and oxygen atoms in total. The largest absolute Gasteiger partial charge is 0.481 e. The summed E-state index contributed by atoms with van der Waals surface area (Å²) >= 11 is 0. The Morgan fingerprint density at radius 2 is 1.18 bits per heavy atom.